The number of anilines is 1. The second kappa shape index (κ2) is 7.51. The lowest BCUT2D eigenvalue weighted by Crippen LogP contribution is -2.49. The molecule has 8 heteroatoms. The van der Waals surface area contributed by atoms with Gasteiger partial charge in [0.1, 0.15) is 0 Å². The van der Waals surface area contributed by atoms with Gasteiger partial charge < -0.3 is 9.80 Å². The highest BCUT2D eigenvalue weighted by atomic mass is 35.5. The highest BCUT2D eigenvalue weighted by Gasteiger charge is 2.35. The van der Waals surface area contributed by atoms with Gasteiger partial charge in [-0.05, 0) is 31.0 Å². The molecule has 1 amide bonds. The fraction of sp³-hybridized carbons (Fsp3) is 0.588. The summed E-state index contributed by atoms with van der Waals surface area (Å²) in [5, 5.41) is 0.706. The van der Waals surface area contributed by atoms with Crippen molar-refractivity contribution in [3.05, 3.63) is 29.3 Å². The molecule has 6 nitrogen and oxygen atoms in total. The van der Waals surface area contributed by atoms with Crippen molar-refractivity contribution in [3.63, 3.8) is 0 Å². The van der Waals surface area contributed by atoms with Gasteiger partial charge in [-0.3, -0.25) is 4.79 Å². The Labute approximate surface area is 154 Å². The predicted molar refractivity (Wildman–Crippen MR) is 99.4 cm³/mol. The van der Waals surface area contributed by atoms with Crippen molar-refractivity contribution >= 4 is 33.2 Å². The first-order valence-corrected chi connectivity index (χ1v) is 10.8. The Kier molecular flexibility index (Phi) is 5.55. The summed E-state index contributed by atoms with van der Waals surface area (Å²) in [6.45, 7) is 3.09. The van der Waals surface area contributed by atoms with E-state index in [9.17, 15) is 13.2 Å². The van der Waals surface area contributed by atoms with Gasteiger partial charge in [0.05, 0.1) is 6.26 Å². The number of benzene rings is 1. The second-order valence-corrected chi connectivity index (χ2v) is 9.07. The lowest BCUT2D eigenvalue weighted by Gasteiger charge is -2.36. The SMILES string of the molecule is CS(=O)(=O)N(CCC(=O)N1CCN(c2cccc(Cl)c2)CC1)C1CC1. The van der Waals surface area contributed by atoms with Gasteiger partial charge in [-0.1, -0.05) is 17.7 Å². The second-order valence-electron chi connectivity index (χ2n) is 6.70. The number of amides is 1. The normalized spacial score (nSPS) is 18.7. The topological polar surface area (TPSA) is 60.9 Å². The number of hydrogen-bond donors (Lipinski definition) is 0. The van der Waals surface area contributed by atoms with E-state index in [1.807, 2.05) is 29.2 Å². The fourth-order valence-corrected chi connectivity index (χ4v) is 4.59. The molecule has 1 heterocycles. The van der Waals surface area contributed by atoms with Crippen LogP contribution in [0.1, 0.15) is 19.3 Å². The summed E-state index contributed by atoms with van der Waals surface area (Å²) in [6, 6.07) is 7.81. The Morgan fingerprint density at radius 3 is 2.48 bits per heavy atom. The molecule has 0 atom stereocenters. The van der Waals surface area contributed by atoms with Crippen LogP contribution in [0.2, 0.25) is 5.02 Å². The summed E-state index contributed by atoms with van der Waals surface area (Å²) in [5.74, 6) is 0.0278. The van der Waals surface area contributed by atoms with Crippen LogP contribution >= 0.6 is 11.6 Å². The van der Waals surface area contributed by atoms with Crippen molar-refractivity contribution in [3.8, 4) is 0 Å². The zero-order chi connectivity index (χ0) is 18.0. The van der Waals surface area contributed by atoms with Crippen LogP contribution in [0, 0.1) is 0 Å². The third-order valence-corrected chi connectivity index (χ3v) is 6.30. The lowest BCUT2D eigenvalue weighted by atomic mass is 10.2. The van der Waals surface area contributed by atoms with Crippen molar-refractivity contribution in [2.75, 3.05) is 43.9 Å². The minimum absolute atomic E-state index is 0.0278. The molecule has 1 saturated heterocycles. The predicted octanol–water partition coefficient (Wildman–Crippen LogP) is 1.80. The minimum atomic E-state index is -3.24. The molecular weight excluding hydrogens is 362 g/mol. The van der Waals surface area contributed by atoms with Gasteiger partial charge in [-0.2, -0.15) is 4.31 Å². The van der Waals surface area contributed by atoms with Gasteiger partial charge in [0.2, 0.25) is 15.9 Å². The van der Waals surface area contributed by atoms with Crippen LogP contribution in [-0.2, 0) is 14.8 Å². The summed E-state index contributed by atoms with van der Waals surface area (Å²) in [5.41, 5.74) is 1.07. The van der Waals surface area contributed by atoms with Crippen LogP contribution in [0.25, 0.3) is 0 Å². The molecule has 0 spiro atoms. The highest BCUT2D eigenvalue weighted by molar-refractivity contribution is 7.88. The standard InChI is InChI=1S/C17H24ClN3O3S/c1-25(23,24)21(15-5-6-15)8-7-17(22)20-11-9-19(10-12-20)16-4-2-3-14(18)13-16/h2-4,13,15H,5-12H2,1H3. The van der Waals surface area contributed by atoms with E-state index in [0.29, 0.717) is 18.1 Å². The number of piperazine rings is 1. The van der Waals surface area contributed by atoms with E-state index in [2.05, 4.69) is 4.90 Å². The Morgan fingerprint density at radius 1 is 1.24 bits per heavy atom. The number of hydrogen-bond acceptors (Lipinski definition) is 4. The van der Waals surface area contributed by atoms with Gasteiger partial charge >= 0.3 is 0 Å². The molecule has 1 aromatic carbocycles. The van der Waals surface area contributed by atoms with Crippen LogP contribution in [0.5, 0.6) is 0 Å². The first-order chi connectivity index (χ1) is 11.8. The molecule has 1 saturated carbocycles. The summed E-state index contributed by atoms with van der Waals surface area (Å²) >= 11 is 6.04. The summed E-state index contributed by atoms with van der Waals surface area (Å²) in [7, 11) is -3.24. The molecule has 138 valence electrons. The fourth-order valence-electron chi connectivity index (χ4n) is 3.23. The first-order valence-electron chi connectivity index (χ1n) is 8.60. The number of halogens is 1. The molecule has 1 aliphatic heterocycles. The molecule has 2 aliphatic rings. The maximum Gasteiger partial charge on any atom is 0.224 e. The lowest BCUT2D eigenvalue weighted by molar-refractivity contribution is -0.131. The largest absolute Gasteiger partial charge is 0.368 e. The van der Waals surface area contributed by atoms with E-state index in [4.69, 9.17) is 11.6 Å². The van der Waals surface area contributed by atoms with Gasteiger partial charge in [0, 0.05) is 55.9 Å². The number of carbonyl (C=O) groups is 1. The van der Waals surface area contributed by atoms with Crippen LogP contribution in [0.4, 0.5) is 5.69 Å². The molecule has 0 bridgehead atoms. The van der Waals surface area contributed by atoms with Crippen LogP contribution in [0.15, 0.2) is 24.3 Å². The molecule has 0 unspecified atom stereocenters. The van der Waals surface area contributed by atoms with E-state index in [-0.39, 0.29) is 24.9 Å². The molecule has 0 N–H and O–H groups in total. The first kappa shape index (κ1) is 18.5. The monoisotopic (exact) mass is 385 g/mol. The summed E-state index contributed by atoms with van der Waals surface area (Å²) in [4.78, 5) is 16.5. The van der Waals surface area contributed by atoms with E-state index >= 15 is 0 Å². The average molecular weight is 386 g/mol. The Morgan fingerprint density at radius 2 is 1.92 bits per heavy atom. The maximum atomic E-state index is 12.4. The molecule has 25 heavy (non-hydrogen) atoms. The molecule has 1 aromatic rings. The Bertz CT molecular complexity index is 728. The quantitative estimate of drug-likeness (QED) is 0.749. The van der Waals surface area contributed by atoms with Crippen molar-refractivity contribution in [1.82, 2.24) is 9.21 Å². The Hall–Kier alpha value is -1.31. The van der Waals surface area contributed by atoms with Crippen LogP contribution in [-0.4, -0.2) is 68.6 Å². The molecule has 1 aliphatic carbocycles. The highest BCUT2D eigenvalue weighted by Crippen LogP contribution is 2.29. The van der Waals surface area contributed by atoms with E-state index in [1.54, 1.807) is 0 Å². The molecule has 2 fully saturated rings. The number of nitrogens with zero attached hydrogens (tertiary/aromatic N) is 3. The third-order valence-electron chi connectivity index (χ3n) is 4.73. The Balaban J connectivity index is 1.50. The van der Waals surface area contributed by atoms with E-state index in [1.165, 1.54) is 10.6 Å². The number of carbonyl (C=O) groups excluding carboxylic acids is 1. The van der Waals surface area contributed by atoms with E-state index in [0.717, 1.165) is 31.6 Å². The van der Waals surface area contributed by atoms with Gasteiger partial charge in [-0.25, -0.2) is 8.42 Å². The molecule has 0 radical (unpaired) electrons. The van der Waals surface area contributed by atoms with Gasteiger partial charge in [0.15, 0.2) is 0 Å². The van der Waals surface area contributed by atoms with E-state index < -0.39 is 10.0 Å². The van der Waals surface area contributed by atoms with Gasteiger partial charge in [-0.15, -0.1) is 0 Å². The summed E-state index contributed by atoms with van der Waals surface area (Å²) in [6.07, 6.45) is 3.28. The molecular formula is C17H24ClN3O3S. The van der Waals surface area contributed by atoms with Crippen LogP contribution < -0.4 is 4.90 Å². The third kappa shape index (κ3) is 4.86. The zero-order valence-corrected chi connectivity index (χ0v) is 16.0. The summed E-state index contributed by atoms with van der Waals surface area (Å²) < 4.78 is 25.1. The molecule has 0 aromatic heterocycles. The van der Waals surface area contributed by atoms with Crippen LogP contribution in [0.3, 0.4) is 0 Å². The minimum Gasteiger partial charge on any atom is -0.368 e. The molecule has 3 rings (SSSR count). The van der Waals surface area contributed by atoms with Gasteiger partial charge in [0.25, 0.3) is 0 Å². The number of sulfonamides is 1. The number of rotatable bonds is 6. The smallest absolute Gasteiger partial charge is 0.224 e. The van der Waals surface area contributed by atoms with Crippen molar-refractivity contribution < 1.29 is 13.2 Å². The zero-order valence-electron chi connectivity index (χ0n) is 14.4. The van der Waals surface area contributed by atoms with Crippen molar-refractivity contribution in [2.45, 2.75) is 25.3 Å². The van der Waals surface area contributed by atoms with Crippen molar-refractivity contribution in [2.24, 2.45) is 0 Å². The average Bonchev–Trinajstić information content (AvgIpc) is 3.38. The van der Waals surface area contributed by atoms with Crippen molar-refractivity contribution in [1.29, 1.82) is 0 Å². The maximum absolute atomic E-state index is 12.4.